The highest BCUT2D eigenvalue weighted by Gasteiger charge is 1.87. The van der Waals surface area contributed by atoms with Crippen LogP contribution < -0.4 is 0 Å². The van der Waals surface area contributed by atoms with Crippen LogP contribution in [-0.2, 0) is 8.85 Å². The van der Waals surface area contributed by atoms with Crippen molar-refractivity contribution in [2.75, 3.05) is 13.2 Å². The lowest BCUT2D eigenvalue weighted by atomic mass is 10.4. The molecule has 3 heteroatoms. The van der Waals surface area contributed by atoms with Gasteiger partial charge in [0.1, 0.15) is 0 Å². The SMILES string of the molecule is CCCCO[SiH2]OCCC. The van der Waals surface area contributed by atoms with Crippen LogP contribution in [0.25, 0.3) is 0 Å². The highest BCUT2D eigenvalue weighted by molar-refractivity contribution is 6.17. The van der Waals surface area contributed by atoms with Gasteiger partial charge in [0.15, 0.2) is 0 Å². The summed E-state index contributed by atoms with van der Waals surface area (Å²) in [6.07, 6.45) is 3.48. The molecule has 0 aliphatic rings. The molecule has 0 N–H and O–H groups in total. The fourth-order valence-corrected chi connectivity index (χ4v) is 1.41. The maximum atomic E-state index is 5.29. The zero-order chi connectivity index (χ0) is 7.66. The van der Waals surface area contributed by atoms with Crippen LogP contribution in [0.5, 0.6) is 0 Å². The van der Waals surface area contributed by atoms with Gasteiger partial charge >= 0.3 is 10.0 Å². The van der Waals surface area contributed by atoms with Gasteiger partial charge in [-0.3, -0.25) is 0 Å². The zero-order valence-corrected chi connectivity index (χ0v) is 8.47. The Balaban J connectivity index is 2.65. The fraction of sp³-hybridized carbons (Fsp3) is 1.00. The van der Waals surface area contributed by atoms with Gasteiger partial charge in [-0.15, -0.1) is 0 Å². The second-order valence-electron chi connectivity index (χ2n) is 2.29. The third-order valence-electron chi connectivity index (χ3n) is 1.16. The predicted octanol–water partition coefficient (Wildman–Crippen LogP) is 1.23. The molecule has 0 radical (unpaired) electrons. The Hall–Kier alpha value is 0.137. The Morgan fingerprint density at radius 1 is 1.00 bits per heavy atom. The van der Waals surface area contributed by atoms with Gasteiger partial charge in [-0.05, 0) is 12.8 Å². The summed E-state index contributed by atoms with van der Waals surface area (Å²) in [6, 6.07) is 0. The topological polar surface area (TPSA) is 18.5 Å². The van der Waals surface area contributed by atoms with Crippen molar-refractivity contribution < 1.29 is 8.85 Å². The van der Waals surface area contributed by atoms with E-state index in [2.05, 4.69) is 13.8 Å². The van der Waals surface area contributed by atoms with E-state index in [-0.39, 0.29) is 0 Å². The van der Waals surface area contributed by atoms with Gasteiger partial charge in [0.05, 0.1) is 0 Å². The van der Waals surface area contributed by atoms with Crippen LogP contribution in [0.2, 0.25) is 0 Å². The normalized spacial score (nSPS) is 11.4. The van der Waals surface area contributed by atoms with Gasteiger partial charge in [-0.1, -0.05) is 20.3 Å². The quantitative estimate of drug-likeness (QED) is 0.414. The van der Waals surface area contributed by atoms with Crippen LogP contribution in [0.3, 0.4) is 0 Å². The molecule has 2 nitrogen and oxygen atoms in total. The molecular weight excluding hydrogens is 144 g/mol. The van der Waals surface area contributed by atoms with E-state index in [0.29, 0.717) is 0 Å². The minimum Gasteiger partial charge on any atom is -0.399 e. The molecule has 0 aromatic heterocycles. The molecule has 0 aromatic carbocycles. The largest absolute Gasteiger partial charge is 0.399 e. The van der Waals surface area contributed by atoms with Gasteiger partial charge in [0.2, 0.25) is 0 Å². The lowest BCUT2D eigenvalue weighted by Crippen LogP contribution is -2.06. The minimum absolute atomic E-state index is 0.620. The molecule has 0 bridgehead atoms. The molecule has 0 fully saturated rings. The van der Waals surface area contributed by atoms with Crippen molar-refractivity contribution >= 4 is 10.0 Å². The molecular formula is C7H18O2Si. The van der Waals surface area contributed by atoms with Crippen LogP contribution in [0.4, 0.5) is 0 Å². The highest BCUT2D eigenvalue weighted by Crippen LogP contribution is 1.86. The van der Waals surface area contributed by atoms with Crippen LogP contribution in [0, 0.1) is 0 Å². The third-order valence-corrected chi connectivity index (χ3v) is 2.07. The molecule has 0 amide bonds. The molecule has 0 saturated carbocycles. The Bertz CT molecular complexity index is 51.6. The standard InChI is InChI=1S/C7H18O2Si/c1-3-5-7-9-10-8-6-4-2/h3-7,10H2,1-2H3. The first kappa shape index (κ1) is 10.1. The van der Waals surface area contributed by atoms with E-state index in [1.165, 1.54) is 12.8 Å². The molecule has 62 valence electrons. The minimum atomic E-state index is -0.620. The summed E-state index contributed by atoms with van der Waals surface area (Å²) in [5.74, 6) is 0. The van der Waals surface area contributed by atoms with Gasteiger partial charge in [-0.2, -0.15) is 0 Å². The average Bonchev–Trinajstić information content (AvgIpc) is 1.97. The fourth-order valence-electron chi connectivity index (χ4n) is 0.568. The maximum absolute atomic E-state index is 5.29. The first-order valence-corrected chi connectivity index (χ1v) is 5.22. The smallest absolute Gasteiger partial charge is 0.304 e. The summed E-state index contributed by atoms with van der Waals surface area (Å²) in [7, 11) is -0.620. The average molecular weight is 162 g/mol. The summed E-state index contributed by atoms with van der Waals surface area (Å²) in [5, 5.41) is 0. The van der Waals surface area contributed by atoms with E-state index < -0.39 is 10.0 Å². The van der Waals surface area contributed by atoms with E-state index in [4.69, 9.17) is 8.85 Å². The summed E-state index contributed by atoms with van der Waals surface area (Å²) >= 11 is 0. The van der Waals surface area contributed by atoms with E-state index in [1.807, 2.05) is 0 Å². The van der Waals surface area contributed by atoms with Crippen LogP contribution in [0.1, 0.15) is 33.1 Å². The molecule has 10 heavy (non-hydrogen) atoms. The predicted molar refractivity (Wildman–Crippen MR) is 45.6 cm³/mol. The molecule has 0 aromatic rings. The molecule has 0 spiro atoms. The van der Waals surface area contributed by atoms with Gasteiger partial charge in [0, 0.05) is 13.2 Å². The third kappa shape index (κ3) is 8.14. The highest BCUT2D eigenvalue weighted by atomic mass is 28.3. The maximum Gasteiger partial charge on any atom is 0.304 e. The van der Waals surface area contributed by atoms with Gasteiger partial charge in [0.25, 0.3) is 0 Å². The monoisotopic (exact) mass is 162 g/mol. The first-order valence-electron chi connectivity index (χ1n) is 4.07. The molecule has 0 aliphatic heterocycles. The van der Waals surface area contributed by atoms with Gasteiger partial charge < -0.3 is 8.85 Å². The van der Waals surface area contributed by atoms with E-state index in [1.54, 1.807) is 0 Å². The van der Waals surface area contributed by atoms with Crippen molar-refractivity contribution in [3.8, 4) is 0 Å². The molecule has 0 atom stereocenters. The summed E-state index contributed by atoms with van der Waals surface area (Å²) < 4.78 is 10.5. The van der Waals surface area contributed by atoms with E-state index >= 15 is 0 Å². The number of rotatable bonds is 7. The van der Waals surface area contributed by atoms with Crippen LogP contribution in [0.15, 0.2) is 0 Å². The molecule has 0 heterocycles. The Kier molecular flexibility index (Phi) is 9.26. The van der Waals surface area contributed by atoms with Crippen LogP contribution >= 0.6 is 0 Å². The van der Waals surface area contributed by atoms with Crippen molar-refractivity contribution in [3.63, 3.8) is 0 Å². The second kappa shape index (κ2) is 9.14. The molecule has 0 unspecified atom stereocenters. The van der Waals surface area contributed by atoms with E-state index in [0.717, 1.165) is 19.6 Å². The Labute approximate surface area is 66.0 Å². The summed E-state index contributed by atoms with van der Waals surface area (Å²) in [6.45, 7) is 6.04. The van der Waals surface area contributed by atoms with Crippen molar-refractivity contribution in [1.29, 1.82) is 0 Å². The Morgan fingerprint density at radius 2 is 1.70 bits per heavy atom. The van der Waals surface area contributed by atoms with Crippen molar-refractivity contribution in [1.82, 2.24) is 0 Å². The lowest BCUT2D eigenvalue weighted by Gasteiger charge is -2.02. The second-order valence-corrected chi connectivity index (χ2v) is 3.34. The summed E-state index contributed by atoms with van der Waals surface area (Å²) in [4.78, 5) is 0. The zero-order valence-electron chi connectivity index (χ0n) is 7.06. The van der Waals surface area contributed by atoms with Gasteiger partial charge in [-0.25, -0.2) is 0 Å². The molecule has 0 rings (SSSR count). The number of hydrogen-bond donors (Lipinski definition) is 0. The number of unbranched alkanes of at least 4 members (excludes halogenated alkanes) is 1. The van der Waals surface area contributed by atoms with Crippen molar-refractivity contribution in [2.45, 2.75) is 33.1 Å². The molecule has 0 saturated heterocycles. The van der Waals surface area contributed by atoms with Crippen LogP contribution in [-0.4, -0.2) is 23.2 Å². The lowest BCUT2D eigenvalue weighted by molar-refractivity contribution is 0.219. The van der Waals surface area contributed by atoms with E-state index in [9.17, 15) is 0 Å². The van der Waals surface area contributed by atoms with Crippen molar-refractivity contribution in [2.24, 2.45) is 0 Å². The summed E-state index contributed by atoms with van der Waals surface area (Å²) in [5.41, 5.74) is 0. The van der Waals surface area contributed by atoms with Crippen molar-refractivity contribution in [3.05, 3.63) is 0 Å². The molecule has 0 aliphatic carbocycles. The number of hydrogen-bond acceptors (Lipinski definition) is 2. The Morgan fingerprint density at radius 3 is 2.30 bits per heavy atom. The first-order chi connectivity index (χ1) is 4.91.